The summed E-state index contributed by atoms with van der Waals surface area (Å²) in [6.07, 6.45) is 49.3. The maximum absolute atomic E-state index is 12.0. The number of hydrogen-bond acceptors (Lipinski definition) is 17. The molecular weight excluding hydrogens is 1620 g/mol. The van der Waals surface area contributed by atoms with Crippen LogP contribution < -0.4 is 0 Å². The molecule has 129 heavy (non-hydrogen) atoms. The summed E-state index contributed by atoms with van der Waals surface area (Å²) in [6, 6.07) is 0. The third-order valence-electron chi connectivity index (χ3n) is 31.9. The van der Waals surface area contributed by atoms with Crippen molar-refractivity contribution in [3.05, 3.63) is 82.5 Å². The van der Waals surface area contributed by atoms with Crippen molar-refractivity contribution in [3.8, 4) is 0 Å². The summed E-state index contributed by atoms with van der Waals surface area (Å²) in [5.74, 6) is 2.62. The van der Waals surface area contributed by atoms with Crippen molar-refractivity contribution in [2.75, 3.05) is 0 Å². The Labute approximate surface area is 795 Å². The predicted molar refractivity (Wildman–Crippen MR) is 545 cm³/mol. The van der Waals surface area contributed by atoms with E-state index in [1.165, 1.54) is 138 Å². The summed E-state index contributed by atoms with van der Waals surface area (Å²) in [4.78, 5) is 89.9. The van der Waals surface area contributed by atoms with E-state index in [1.807, 2.05) is 39.0 Å². The fourth-order valence-corrected chi connectivity index (χ4v) is 26.5. The summed E-state index contributed by atoms with van der Waals surface area (Å²) in [6.45, 7) is 42.8. The topological polar surface area (TPSA) is 242 Å². The number of fused-ring (bicyclic) bond motifs is 7. The van der Waals surface area contributed by atoms with E-state index in [-0.39, 0.29) is 240 Å². The van der Waals surface area contributed by atoms with E-state index in [9.17, 15) is 48.6 Å². The van der Waals surface area contributed by atoms with Crippen molar-refractivity contribution < 1.29 is 81.7 Å². The number of rotatable bonds is 9. The Kier molecular flexibility index (Phi) is 61.6. The van der Waals surface area contributed by atoms with E-state index >= 15 is 0 Å². The first-order chi connectivity index (χ1) is 54.3. The molecule has 13 fully saturated rings. The first-order valence-electron chi connectivity index (χ1n) is 45.0. The third kappa shape index (κ3) is 30.3. The number of esters is 7. The molecule has 0 saturated heterocycles. The highest BCUT2D eigenvalue weighted by Crippen LogP contribution is 2.62. The highest BCUT2D eigenvalue weighted by Gasteiger charge is 2.58. The fourth-order valence-electron chi connectivity index (χ4n) is 26.5. The summed E-state index contributed by atoms with van der Waals surface area (Å²) < 4.78 is 38.2. The molecule has 0 aromatic carbocycles. The van der Waals surface area contributed by atoms with Crippen LogP contribution in [0.3, 0.4) is 0 Å². The van der Waals surface area contributed by atoms with Gasteiger partial charge < -0.3 is 43.4 Å². The fraction of sp³-hybridized carbons (Fsp3) is 0.804. The number of allylic oxidation sites excluding steroid dienone is 11. The molecule has 13 saturated carbocycles. The average molecular weight is 1830 g/mol. The van der Waals surface area contributed by atoms with Crippen molar-refractivity contribution in [1.29, 1.82) is 0 Å². The van der Waals surface area contributed by atoms with Crippen molar-refractivity contribution in [3.63, 3.8) is 0 Å². The van der Waals surface area contributed by atoms with Crippen LogP contribution in [0.25, 0.3) is 0 Å². The van der Waals surface area contributed by atoms with Crippen molar-refractivity contribution >= 4 is 47.6 Å². The molecule has 0 amide bonds. The van der Waals surface area contributed by atoms with Gasteiger partial charge in [-0.2, -0.15) is 0 Å². The van der Waals surface area contributed by atoms with Crippen LogP contribution in [0.1, 0.15) is 448 Å². The molecule has 0 aromatic heterocycles. The molecular formula is C112H208O17. The Morgan fingerprint density at radius 1 is 0.357 bits per heavy atom. The number of Topliss-reactive ketones (excluding diaryl/α,β-unsaturated/α-hetero) is 1. The van der Waals surface area contributed by atoms with Crippen LogP contribution in [0.4, 0.5) is 0 Å². The number of carbonyl (C=O) groups is 8. The normalized spacial score (nSPS) is 36.7. The van der Waals surface area contributed by atoms with Gasteiger partial charge in [-0.15, -0.1) is 6.58 Å². The predicted octanol–water partition coefficient (Wildman–Crippen LogP) is 30.1. The van der Waals surface area contributed by atoms with Crippen LogP contribution in [0, 0.1) is 85.2 Å². The summed E-state index contributed by atoms with van der Waals surface area (Å²) in [5.41, 5.74) is 9.13. The summed E-state index contributed by atoms with van der Waals surface area (Å²) in [5, 5.41) is 20.3. The van der Waals surface area contributed by atoms with Crippen LogP contribution >= 0.6 is 0 Å². The Hall–Kier alpha value is -5.94. The van der Waals surface area contributed by atoms with Crippen LogP contribution in [0.15, 0.2) is 82.5 Å². The quantitative estimate of drug-likeness (QED) is 0.0943. The lowest BCUT2D eigenvalue weighted by molar-refractivity contribution is -0.155. The molecule has 758 valence electrons. The van der Waals surface area contributed by atoms with Gasteiger partial charge in [-0.05, 0) is 289 Å². The lowest BCUT2D eigenvalue weighted by Gasteiger charge is -2.43. The minimum atomic E-state index is -0.355. The Morgan fingerprint density at radius 3 is 0.946 bits per heavy atom. The van der Waals surface area contributed by atoms with Crippen LogP contribution in [-0.4, -0.2) is 113 Å². The van der Waals surface area contributed by atoms with E-state index in [1.54, 1.807) is 16.7 Å². The molecule has 17 heteroatoms. The molecule has 0 aromatic rings. The van der Waals surface area contributed by atoms with Gasteiger partial charge in [0.05, 0.1) is 12.2 Å². The number of aliphatic hydroxyl groups excluding tert-OH is 2. The minimum absolute atomic E-state index is 0. The second-order valence-corrected chi connectivity index (χ2v) is 38.3. The number of hydrogen-bond donors (Lipinski definition) is 2. The number of aliphatic hydroxyl groups is 2. The molecule has 2 N–H and O–H groups in total. The molecule has 14 aliphatic carbocycles. The van der Waals surface area contributed by atoms with Crippen LogP contribution in [0.5, 0.6) is 0 Å². The maximum atomic E-state index is 12.0. The zero-order chi connectivity index (χ0) is 84.9. The van der Waals surface area contributed by atoms with E-state index in [2.05, 4.69) is 100 Å². The van der Waals surface area contributed by atoms with Crippen LogP contribution in [-0.2, 0) is 71.5 Å². The van der Waals surface area contributed by atoms with Gasteiger partial charge >= 0.3 is 41.8 Å². The monoisotopic (exact) mass is 1830 g/mol. The molecule has 8 unspecified atom stereocenters. The first kappa shape index (κ1) is 136. The molecule has 17 nitrogen and oxygen atoms in total. The van der Waals surface area contributed by atoms with Crippen molar-refractivity contribution in [2.45, 2.75) is 503 Å². The zero-order valence-corrected chi connectivity index (χ0v) is 74.7. The van der Waals surface area contributed by atoms with E-state index in [0.717, 1.165) is 126 Å². The standard InChI is InChI=1S/2C14H22O3.C14H20O3.4C14H22O2.14CH4/c3*1-4-10-12(16)8-11-13(17-9(2)15)6-5-7-14(10,11)3;4*1-4-11-7-8-12-13(16-10(2)15)6-5-9-14(11,12)3;;;;;;;;;;;;;;/h2*4,11-13,16H,5-8H2,1-3H3;4,11,13H,5-8H2,1-3H3;7,12-13H,4-6,8-9H2,1-3H3;2*4,12-13H,5-9H2,1-3H3;4,11-13H,1,5-9H2,2-3H3;14*1H4/b3*10-4+;;11-4+;11-4-;;;;;;;;;;;;;;;/t11?,12-,13+,14-;11?,12-,13-,14+;11?,13-,14+;3*12?,13-,14+;11?,12?,13-,14+;;;;;;;;;;;;;;/m1000000............../s1. The van der Waals surface area contributed by atoms with E-state index < -0.39 is 0 Å². The SMILES string of the molecule is C.C.C.C.C.C.C.C.C.C.C.C.C.C.C/C=C1/CCC2[C@@H](OC(C)=O)CCC[C@]12C.C/C=C1\C(=O)CC2[C@@H](OC(C)=O)CCC[C@]12C.C/C=C1\CCC2[C@@H](OC(C)=O)CCC[C@]12C.C/C=C1\[C@@H](O)CC2[C@@H](OC(C)=O)CCC[C@]12C.C/C=C1\[C@H](O)CC2[C@@H](OC(C)=O)CCC[C@]12C.C=CC1CCC2[C@@H](OC(C)=O)CCC[C@]12C.CCC1=CCC2[C@@H](OC(C)=O)CCC[C@]12C. The molecule has 0 aliphatic heterocycles. The highest BCUT2D eigenvalue weighted by atomic mass is 16.6. The summed E-state index contributed by atoms with van der Waals surface area (Å²) in [7, 11) is 0. The summed E-state index contributed by atoms with van der Waals surface area (Å²) >= 11 is 0. The maximum Gasteiger partial charge on any atom is 0.302 e. The van der Waals surface area contributed by atoms with Gasteiger partial charge in [0.15, 0.2) is 5.78 Å². The van der Waals surface area contributed by atoms with Gasteiger partial charge in [-0.1, -0.05) is 219 Å². The second kappa shape index (κ2) is 58.4. The van der Waals surface area contributed by atoms with Gasteiger partial charge in [0, 0.05) is 102 Å². The average Bonchev–Trinajstić information content (AvgIpc) is 1.60. The lowest BCUT2D eigenvalue weighted by Crippen LogP contribution is -2.41. The Bertz CT molecular complexity index is 3500. The Morgan fingerprint density at radius 2 is 0.643 bits per heavy atom. The molecule has 14 aliphatic rings. The molecule has 24 atom stereocenters. The largest absolute Gasteiger partial charge is 0.462 e. The van der Waals surface area contributed by atoms with Crippen molar-refractivity contribution in [1.82, 2.24) is 0 Å². The molecule has 14 rings (SSSR count). The number of ketones is 1. The van der Waals surface area contributed by atoms with Crippen molar-refractivity contribution in [2.24, 2.45) is 85.2 Å². The number of carbonyl (C=O) groups excluding carboxylic acids is 8. The minimum Gasteiger partial charge on any atom is -0.462 e. The smallest absolute Gasteiger partial charge is 0.302 e. The van der Waals surface area contributed by atoms with Crippen LogP contribution in [0.2, 0.25) is 0 Å². The Balaban J connectivity index is -0.000000264. The first-order valence-corrected chi connectivity index (χ1v) is 45.0. The van der Waals surface area contributed by atoms with E-state index in [4.69, 9.17) is 33.2 Å². The van der Waals surface area contributed by atoms with Gasteiger partial charge in [-0.3, -0.25) is 38.4 Å². The molecule has 0 heterocycles. The lowest BCUT2D eigenvalue weighted by atomic mass is 9.64. The van der Waals surface area contributed by atoms with Gasteiger partial charge in [-0.25, -0.2) is 0 Å². The molecule has 0 spiro atoms. The molecule has 0 bridgehead atoms. The second-order valence-electron chi connectivity index (χ2n) is 38.3. The van der Waals surface area contributed by atoms with Gasteiger partial charge in [0.1, 0.15) is 42.7 Å². The van der Waals surface area contributed by atoms with E-state index in [0.29, 0.717) is 57.7 Å². The van der Waals surface area contributed by atoms with Gasteiger partial charge in [0.25, 0.3) is 0 Å². The van der Waals surface area contributed by atoms with Gasteiger partial charge in [0.2, 0.25) is 0 Å². The zero-order valence-electron chi connectivity index (χ0n) is 74.7. The third-order valence-corrected chi connectivity index (χ3v) is 31.9. The highest BCUT2D eigenvalue weighted by molar-refractivity contribution is 5.99. The molecule has 0 radical (unpaired) electrons. The number of ether oxygens (including phenoxy) is 7.